The highest BCUT2D eigenvalue weighted by molar-refractivity contribution is 7.98. The van der Waals surface area contributed by atoms with Crippen molar-refractivity contribution in [2.75, 3.05) is 18.6 Å². The predicted molar refractivity (Wildman–Crippen MR) is 143 cm³/mol. The topological polar surface area (TPSA) is 125 Å². The van der Waals surface area contributed by atoms with Crippen molar-refractivity contribution in [1.82, 2.24) is 5.32 Å². The van der Waals surface area contributed by atoms with Crippen LogP contribution in [0.1, 0.15) is 78.6 Å². The normalized spacial score (nSPS) is 38.6. The first-order valence-corrected chi connectivity index (χ1v) is 15.0. The van der Waals surface area contributed by atoms with Gasteiger partial charge in [-0.1, -0.05) is 24.6 Å². The number of aliphatic carboxylic acids is 1. The van der Waals surface area contributed by atoms with Crippen molar-refractivity contribution in [3.8, 4) is 0 Å². The molecule has 0 aromatic heterocycles. The smallest absolute Gasteiger partial charge is 0.326 e. The van der Waals surface area contributed by atoms with Gasteiger partial charge in [0.05, 0.1) is 5.71 Å². The molecule has 0 radical (unpaired) electrons. The Balaban J connectivity index is 1.39. The molecule has 37 heavy (non-hydrogen) atoms. The van der Waals surface area contributed by atoms with E-state index in [9.17, 15) is 24.6 Å². The maximum absolute atomic E-state index is 12.4. The maximum atomic E-state index is 12.4. The second-order valence-corrected chi connectivity index (χ2v) is 13.0. The first-order valence-electron chi connectivity index (χ1n) is 13.6. The Morgan fingerprint density at radius 3 is 2.57 bits per heavy atom. The average Bonchev–Trinajstić information content (AvgIpc) is 3.13. The molecule has 0 saturated heterocycles. The number of allylic oxidation sites excluding steroid dienone is 2. The van der Waals surface area contributed by atoms with Crippen molar-refractivity contribution in [3.63, 3.8) is 0 Å². The molecule has 0 aliphatic heterocycles. The van der Waals surface area contributed by atoms with Gasteiger partial charge < -0.3 is 20.4 Å². The van der Waals surface area contributed by atoms with E-state index >= 15 is 0 Å². The third-order valence-corrected chi connectivity index (χ3v) is 11.0. The number of hydrogen-bond donors (Lipinski definition) is 3. The second kappa shape index (κ2) is 10.7. The van der Waals surface area contributed by atoms with Crippen LogP contribution in [0.2, 0.25) is 0 Å². The number of carboxylic acids is 1. The number of carbonyl (C=O) groups excluding carboxylic acids is 2. The summed E-state index contributed by atoms with van der Waals surface area (Å²) in [5.74, 6) is 0.450. The molecule has 4 rings (SSSR count). The highest BCUT2D eigenvalue weighted by Crippen LogP contribution is 2.67. The van der Waals surface area contributed by atoms with Crippen molar-refractivity contribution in [3.05, 3.63) is 11.6 Å². The summed E-state index contributed by atoms with van der Waals surface area (Å²) >= 11 is 1.53. The molecule has 1 amide bonds. The van der Waals surface area contributed by atoms with Crippen LogP contribution in [0, 0.1) is 28.6 Å². The minimum Gasteiger partial charge on any atom is -0.480 e. The van der Waals surface area contributed by atoms with Gasteiger partial charge in [-0.3, -0.25) is 9.59 Å². The number of oxime groups is 1. The summed E-state index contributed by atoms with van der Waals surface area (Å²) in [5.41, 5.74) is 0.766. The number of rotatable bonds is 9. The quantitative estimate of drug-likeness (QED) is 0.382. The highest BCUT2D eigenvalue weighted by atomic mass is 32.2. The lowest BCUT2D eigenvalue weighted by Gasteiger charge is -2.59. The number of nitrogens with zero attached hydrogens (tertiary/aromatic N) is 1. The number of hydrogen-bond acceptors (Lipinski definition) is 7. The van der Waals surface area contributed by atoms with Crippen LogP contribution in [-0.2, 0) is 19.2 Å². The van der Waals surface area contributed by atoms with E-state index in [4.69, 9.17) is 4.84 Å². The molecule has 0 aromatic rings. The average molecular weight is 535 g/mol. The van der Waals surface area contributed by atoms with Gasteiger partial charge in [0.25, 0.3) is 5.91 Å². The van der Waals surface area contributed by atoms with E-state index in [0.29, 0.717) is 36.3 Å². The van der Waals surface area contributed by atoms with Gasteiger partial charge in [-0.25, -0.2) is 4.79 Å². The van der Waals surface area contributed by atoms with Gasteiger partial charge in [-0.2, -0.15) is 11.8 Å². The molecule has 7 atom stereocenters. The summed E-state index contributed by atoms with van der Waals surface area (Å²) in [5, 5.41) is 27.3. The van der Waals surface area contributed by atoms with Gasteiger partial charge in [-0.05, 0) is 106 Å². The minimum atomic E-state index is -1.19. The number of amides is 1. The molecule has 0 spiro atoms. The lowest BCUT2D eigenvalue weighted by Crippen LogP contribution is -2.57. The summed E-state index contributed by atoms with van der Waals surface area (Å²) < 4.78 is 0. The van der Waals surface area contributed by atoms with E-state index in [1.807, 2.05) is 6.26 Å². The first-order chi connectivity index (χ1) is 17.5. The number of Topliss-reactive ketones (excluding diaryl/α,β-unsaturated/α-hetero) is 1. The largest absolute Gasteiger partial charge is 0.480 e. The molecular weight excluding hydrogens is 492 g/mol. The van der Waals surface area contributed by atoms with E-state index < -0.39 is 23.5 Å². The fourth-order valence-electron chi connectivity index (χ4n) is 8.14. The standard InChI is InChI=1S/C28H42N2O6S/c1-17(31)28(35)13-9-22-20-6-5-18-15-19(7-11-26(18,2)21(20)8-12-27(22,28)3)30-36-16-24(32)29-23(25(33)34)10-14-37-4/h15,20-23,35H,5-14,16H2,1-4H3,(H,29,32)(H,33,34)/b30-19-/t20-,21+,22+,23-,26-,27-,28-/m0/s1. The number of aliphatic hydroxyl groups is 1. The molecule has 4 aliphatic rings. The van der Waals surface area contributed by atoms with Crippen LogP contribution >= 0.6 is 11.8 Å². The Morgan fingerprint density at radius 1 is 1.16 bits per heavy atom. The van der Waals surface area contributed by atoms with Crippen LogP contribution < -0.4 is 5.32 Å². The molecule has 8 nitrogen and oxygen atoms in total. The molecular formula is C28H42N2O6S. The molecule has 0 unspecified atom stereocenters. The fourth-order valence-corrected chi connectivity index (χ4v) is 8.61. The van der Waals surface area contributed by atoms with E-state index in [-0.39, 0.29) is 23.2 Å². The lowest BCUT2D eigenvalue weighted by molar-refractivity contribution is -0.159. The minimum absolute atomic E-state index is 0.0730. The van der Waals surface area contributed by atoms with Crippen molar-refractivity contribution in [2.45, 2.75) is 90.2 Å². The third kappa shape index (κ3) is 4.98. The number of ketones is 1. The summed E-state index contributed by atoms with van der Waals surface area (Å²) in [7, 11) is 0. The van der Waals surface area contributed by atoms with Crippen molar-refractivity contribution < 1.29 is 29.4 Å². The van der Waals surface area contributed by atoms with E-state index in [1.54, 1.807) is 6.92 Å². The number of nitrogens with one attached hydrogen (secondary N) is 1. The first kappa shape index (κ1) is 28.1. The Kier molecular flexibility index (Phi) is 8.15. The number of fused-ring (bicyclic) bond motifs is 5. The summed E-state index contributed by atoms with van der Waals surface area (Å²) in [4.78, 5) is 41.3. The van der Waals surface area contributed by atoms with Crippen LogP contribution in [-0.4, -0.2) is 63.8 Å². The Morgan fingerprint density at radius 2 is 1.89 bits per heavy atom. The zero-order valence-corrected chi connectivity index (χ0v) is 23.4. The van der Waals surface area contributed by atoms with Gasteiger partial charge in [0.2, 0.25) is 0 Å². The Bertz CT molecular complexity index is 997. The summed E-state index contributed by atoms with van der Waals surface area (Å²) in [6.07, 6.45) is 11.6. The third-order valence-electron chi connectivity index (χ3n) is 10.3. The zero-order chi connectivity index (χ0) is 27.0. The molecule has 4 aliphatic carbocycles. The van der Waals surface area contributed by atoms with Crippen LogP contribution in [0.5, 0.6) is 0 Å². The van der Waals surface area contributed by atoms with Crippen molar-refractivity contribution in [1.29, 1.82) is 0 Å². The van der Waals surface area contributed by atoms with E-state index in [1.165, 1.54) is 17.3 Å². The number of carboxylic acid groups (broad SMARTS) is 1. The molecule has 0 bridgehead atoms. The van der Waals surface area contributed by atoms with Crippen molar-refractivity contribution in [2.24, 2.45) is 33.7 Å². The predicted octanol–water partition coefficient (Wildman–Crippen LogP) is 3.96. The van der Waals surface area contributed by atoms with Gasteiger partial charge in [0, 0.05) is 5.41 Å². The molecule has 9 heteroatoms. The van der Waals surface area contributed by atoms with Gasteiger partial charge in [0.15, 0.2) is 12.4 Å². The monoisotopic (exact) mass is 534 g/mol. The van der Waals surface area contributed by atoms with Crippen LogP contribution in [0.15, 0.2) is 16.8 Å². The van der Waals surface area contributed by atoms with E-state index in [0.717, 1.165) is 50.7 Å². The van der Waals surface area contributed by atoms with E-state index in [2.05, 4.69) is 30.4 Å². The molecule has 3 N–H and O–H groups in total. The summed E-state index contributed by atoms with van der Waals surface area (Å²) in [6, 6.07) is -0.924. The molecule has 0 heterocycles. The second-order valence-electron chi connectivity index (χ2n) is 12.0. The Hall–Kier alpha value is -1.87. The highest BCUT2D eigenvalue weighted by Gasteiger charge is 2.65. The SMILES string of the molecule is CSCC[C@H](NC(=O)CO/N=C1\C=C2CC[C@H]3[C@@H](CC[C@@]4(C)[C@@H]3CC[C@]4(O)C(C)=O)[C@@]2(C)CC1)C(=O)O. The molecule has 206 valence electrons. The Labute approximate surface area is 224 Å². The van der Waals surface area contributed by atoms with Gasteiger partial charge in [0.1, 0.15) is 11.6 Å². The molecule has 3 saturated carbocycles. The molecule has 3 fully saturated rings. The summed E-state index contributed by atoms with van der Waals surface area (Å²) in [6.45, 7) is 5.76. The van der Waals surface area contributed by atoms with Crippen LogP contribution in [0.25, 0.3) is 0 Å². The van der Waals surface area contributed by atoms with Crippen LogP contribution in [0.3, 0.4) is 0 Å². The number of thioether (sulfide) groups is 1. The van der Waals surface area contributed by atoms with Crippen molar-refractivity contribution >= 4 is 35.1 Å². The number of carbonyl (C=O) groups is 3. The van der Waals surface area contributed by atoms with Crippen LogP contribution in [0.4, 0.5) is 0 Å². The van der Waals surface area contributed by atoms with Gasteiger partial charge >= 0.3 is 5.97 Å². The maximum Gasteiger partial charge on any atom is 0.326 e. The van der Waals surface area contributed by atoms with Gasteiger partial charge in [-0.15, -0.1) is 0 Å². The lowest BCUT2D eigenvalue weighted by atomic mass is 9.46. The molecule has 0 aromatic carbocycles. The fraction of sp³-hybridized carbons (Fsp3) is 0.786. The zero-order valence-electron chi connectivity index (χ0n) is 22.5.